The Hall–Kier alpha value is -1.26. The van der Waals surface area contributed by atoms with E-state index in [0.29, 0.717) is 5.92 Å². The maximum atomic E-state index is 5.11. The van der Waals surface area contributed by atoms with Crippen molar-refractivity contribution in [1.29, 1.82) is 0 Å². The number of aliphatic imine (C=N–C) groups is 1. The first kappa shape index (κ1) is 19.1. The molecular weight excluding hydrogens is 350 g/mol. The topological polar surface area (TPSA) is 28.5 Å². The molecule has 146 valence electrons. The van der Waals surface area contributed by atoms with E-state index in [4.69, 9.17) is 9.98 Å². The lowest BCUT2D eigenvalue weighted by Gasteiger charge is -2.53. The summed E-state index contributed by atoms with van der Waals surface area (Å²) in [6.07, 6.45) is 4.69. The summed E-state index contributed by atoms with van der Waals surface area (Å²) in [6.45, 7) is 12.7. The fourth-order valence-corrected chi connectivity index (χ4v) is 5.95. The fraction of sp³-hybridized carbons (Fsp3) is 0.652. The molecule has 0 unspecified atom stereocenters. The van der Waals surface area contributed by atoms with Crippen molar-refractivity contribution in [3.8, 4) is 0 Å². The molecular formula is C23H33N3S. The summed E-state index contributed by atoms with van der Waals surface area (Å²) in [7, 11) is 2.27. The quantitative estimate of drug-likeness (QED) is 0.647. The second-order valence-corrected chi connectivity index (χ2v) is 11.0. The minimum absolute atomic E-state index is 0.197. The molecule has 2 aromatic rings. The van der Waals surface area contributed by atoms with Crippen LogP contribution in [-0.4, -0.2) is 40.3 Å². The van der Waals surface area contributed by atoms with Crippen molar-refractivity contribution < 1.29 is 0 Å². The first-order valence-electron chi connectivity index (χ1n) is 10.3. The van der Waals surface area contributed by atoms with E-state index in [2.05, 4.69) is 64.8 Å². The highest BCUT2D eigenvalue weighted by atomic mass is 32.1. The smallest absolute Gasteiger partial charge is 0.0970 e. The number of piperidine rings is 1. The second-order valence-electron chi connectivity index (χ2n) is 9.95. The molecule has 4 rings (SSSR count). The minimum Gasteiger partial charge on any atom is -0.296 e. The molecule has 3 heterocycles. The van der Waals surface area contributed by atoms with Crippen LogP contribution in [0.2, 0.25) is 0 Å². The van der Waals surface area contributed by atoms with Crippen LogP contribution in [0.5, 0.6) is 0 Å². The third-order valence-corrected chi connectivity index (χ3v) is 8.06. The Kier molecular flexibility index (Phi) is 4.71. The van der Waals surface area contributed by atoms with E-state index >= 15 is 0 Å². The summed E-state index contributed by atoms with van der Waals surface area (Å²) >= 11 is 1.89. The fourth-order valence-electron chi connectivity index (χ4n) is 4.90. The van der Waals surface area contributed by atoms with Crippen molar-refractivity contribution in [3.63, 3.8) is 0 Å². The summed E-state index contributed by atoms with van der Waals surface area (Å²) in [6, 6.07) is 6.79. The average Bonchev–Trinajstić information content (AvgIpc) is 3.03. The molecule has 1 atom stereocenters. The van der Waals surface area contributed by atoms with Crippen LogP contribution in [0.1, 0.15) is 76.8 Å². The molecule has 1 saturated heterocycles. The molecule has 4 heteroatoms. The molecule has 0 bridgehead atoms. The van der Waals surface area contributed by atoms with Gasteiger partial charge < -0.3 is 0 Å². The lowest BCUT2D eigenvalue weighted by atomic mass is 9.74. The van der Waals surface area contributed by atoms with Gasteiger partial charge in [0.2, 0.25) is 0 Å². The van der Waals surface area contributed by atoms with Crippen molar-refractivity contribution >= 4 is 27.3 Å². The molecule has 0 spiro atoms. The van der Waals surface area contributed by atoms with Crippen molar-refractivity contribution in [2.24, 2.45) is 10.9 Å². The molecule has 0 saturated carbocycles. The van der Waals surface area contributed by atoms with Gasteiger partial charge in [0, 0.05) is 29.3 Å². The minimum atomic E-state index is 0.197. The number of rotatable bonds is 2. The predicted octanol–water partition coefficient (Wildman–Crippen LogP) is 5.88. The normalized spacial score (nSPS) is 26.3. The van der Waals surface area contributed by atoms with Gasteiger partial charge in [-0.2, -0.15) is 0 Å². The van der Waals surface area contributed by atoms with E-state index in [-0.39, 0.29) is 11.1 Å². The third-order valence-electron chi connectivity index (χ3n) is 6.86. The predicted molar refractivity (Wildman–Crippen MR) is 117 cm³/mol. The Morgan fingerprint density at radius 2 is 1.81 bits per heavy atom. The SMILES string of the molecule is C[C@H]1CCC(c2ccc3sc(C4CC(C)(C)N(C)C(C)(C)C4)nc3c2)=NC1. The van der Waals surface area contributed by atoms with E-state index in [9.17, 15) is 0 Å². The molecule has 0 radical (unpaired) electrons. The highest BCUT2D eigenvalue weighted by Crippen LogP contribution is 2.46. The van der Waals surface area contributed by atoms with Gasteiger partial charge in [0.25, 0.3) is 0 Å². The van der Waals surface area contributed by atoms with Crippen LogP contribution in [-0.2, 0) is 0 Å². The molecule has 2 aliphatic heterocycles. The van der Waals surface area contributed by atoms with Gasteiger partial charge in [0.15, 0.2) is 0 Å². The van der Waals surface area contributed by atoms with E-state index in [1.54, 1.807) is 0 Å². The van der Waals surface area contributed by atoms with Gasteiger partial charge in [0.05, 0.1) is 15.2 Å². The molecule has 2 aliphatic rings. The molecule has 3 nitrogen and oxygen atoms in total. The van der Waals surface area contributed by atoms with Crippen molar-refractivity contribution in [2.45, 2.75) is 77.3 Å². The zero-order valence-electron chi connectivity index (χ0n) is 17.7. The summed E-state index contributed by atoms with van der Waals surface area (Å²) in [5.74, 6) is 1.26. The Bertz CT molecular complexity index is 859. The Balaban J connectivity index is 1.64. The van der Waals surface area contributed by atoms with E-state index in [1.165, 1.54) is 40.2 Å². The largest absolute Gasteiger partial charge is 0.296 e. The van der Waals surface area contributed by atoms with E-state index in [1.807, 2.05) is 11.3 Å². The average molecular weight is 384 g/mol. The first-order chi connectivity index (χ1) is 12.7. The van der Waals surface area contributed by atoms with Crippen molar-refractivity contribution in [3.05, 3.63) is 28.8 Å². The van der Waals surface area contributed by atoms with Crippen LogP contribution < -0.4 is 0 Å². The van der Waals surface area contributed by atoms with Gasteiger partial charge in [-0.15, -0.1) is 11.3 Å². The van der Waals surface area contributed by atoms with E-state index < -0.39 is 0 Å². The van der Waals surface area contributed by atoms with Crippen LogP contribution in [0, 0.1) is 5.92 Å². The Labute approximate surface area is 167 Å². The number of hydrogen-bond donors (Lipinski definition) is 0. The monoisotopic (exact) mass is 383 g/mol. The van der Waals surface area contributed by atoms with Gasteiger partial charge in [-0.3, -0.25) is 9.89 Å². The number of aromatic nitrogens is 1. The zero-order valence-corrected chi connectivity index (χ0v) is 18.5. The van der Waals surface area contributed by atoms with Crippen molar-refractivity contribution in [1.82, 2.24) is 9.88 Å². The lowest BCUT2D eigenvalue weighted by Crippen LogP contribution is -2.58. The van der Waals surface area contributed by atoms with Gasteiger partial charge in [0.1, 0.15) is 0 Å². The number of thiazole rings is 1. The standard InChI is InChI=1S/C23H33N3S/c1-15-7-9-18(24-14-15)16-8-10-20-19(11-16)25-21(27-20)17-12-22(2,3)26(6)23(4,5)13-17/h8,10-11,15,17H,7,9,12-14H2,1-6H3/t15-/m0/s1. The van der Waals surface area contributed by atoms with Gasteiger partial charge in [-0.05, 0) is 84.0 Å². The number of benzene rings is 1. The second kappa shape index (κ2) is 6.66. The zero-order chi connectivity index (χ0) is 19.4. The highest BCUT2D eigenvalue weighted by Gasteiger charge is 2.44. The summed E-state index contributed by atoms with van der Waals surface area (Å²) in [5.41, 5.74) is 4.09. The van der Waals surface area contributed by atoms with Gasteiger partial charge in [-0.1, -0.05) is 13.0 Å². The lowest BCUT2D eigenvalue weighted by molar-refractivity contribution is -0.0128. The van der Waals surface area contributed by atoms with Crippen LogP contribution in [0.15, 0.2) is 23.2 Å². The number of likely N-dealkylation sites (tertiary alicyclic amines) is 1. The van der Waals surface area contributed by atoms with Crippen LogP contribution in [0.25, 0.3) is 10.2 Å². The van der Waals surface area contributed by atoms with Crippen molar-refractivity contribution in [2.75, 3.05) is 13.6 Å². The molecule has 0 aliphatic carbocycles. The highest BCUT2D eigenvalue weighted by molar-refractivity contribution is 7.18. The molecule has 0 amide bonds. The summed E-state index contributed by atoms with van der Waals surface area (Å²) in [4.78, 5) is 12.5. The van der Waals surface area contributed by atoms with Crippen LogP contribution in [0.4, 0.5) is 0 Å². The molecule has 1 fully saturated rings. The number of nitrogens with zero attached hydrogens (tertiary/aromatic N) is 3. The van der Waals surface area contributed by atoms with E-state index in [0.717, 1.165) is 24.4 Å². The van der Waals surface area contributed by atoms with Gasteiger partial charge >= 0.3 is 0 Å². The van der Waals surface area contributed by atoms with Crippen LogP contribution >= 0.6 is 11.3 Å². The van der Waals surface area contributed by atoms with Crippen LogP contribution in [0.3, 0.4) is 0 Å². The summed E-state index contributed by atoms with van der Waals surface area (Å²) < 4.78 is 1.31. The molecule has 27 heavy (non-hydrogen) atoms. The van der Waals surface area contributed by atoms with Gasteiger partial charge in [-0.25, -0.2) is 4.98 Å². The Morgan fingerprint density at radius 3 is 2.44 bits per heavy atom. The Morgan fingerprint density at radius 1 is 1.11 bits per heavy atom. The third kappa shape index (κ3) is 3.58. The first-order valence-corrected chi connectivity index (χ1v) is 11.2. The number of hydrogen-bond acceptors (Lipinski definition) is 4. The maximum absolute atomic E-state index is 5.11. The maximum Gasteiger partial charge on any atom is 0.0970 e. The molecule has 0 N–H and O–H groups in total. The summed E-state index contributed by atoms with van der Waals surface area (Å²) in [5, 5.41) is 1.32. The molecule has 1 aromatic heterocycles. The number of fused-ring (bicyclic) bond motifs is 1. The molecule has 1 aromatic carbocycles.